The van der Waals surface area contributed by atoms with Crippen molar-refractivity contribution in [2.24, 2.45) is 5.92 Å². The molecule has 0 aliphatic carbocycles. The fourth-order valence-electron chi connectivity index (χ4n) is 3.92. The number of H-pyrrole nitrogens is 1. The Morgan fingerprint density at radius 2 is 2.08 bits per heavy atom. The summed E-state index contributed by atoms with van der Waals surface area (Å²) < 4.78 is 5.76. The number of fused-ring (bicyclic) bond motifs is 1. The molecule has 134 valence electrons. The summed E-state index contributed by atoms with van der Waals surface area (Å²) in [5.74, 6) is 1.20. The first-order valence-electron chi connectivity index (χ1n) is 8.96. The van der Waals surface area contributed by atoms with Crippen molar-refractivity contribution in [3.8, 4) is 0 Å². The van der Waals surface area contributed by atoms with Crippen LogP contribution < -0.4 is 10.2 Å². The Kier molecular flexibility index (Phi) is 4.29. The summed E-state index contributed by atoms with van der Waals surface area (Å²) in [6.07, 6.45) is 5.78. The topological polar surface area (TPSA) is 96.0 Å². The summed E-state index contributed by atoms with van der Waals surface area (Å²) in [5.41, 5.74) is 1.55. The summed E-state index contributed by atoms with van der Waals surface area (Å²) in [6.45, 7) is 5.79. The predicted molar refractivity (Wildman–Crippen MR) is 93.2 cm³/mol. The molecule has 4 heterocycles. The lowest BCUT2D eigenvalue weighted by Gasteiger charge is -2.33. The van der Waals surface area contributed by atoms with E-state index in [1.807, 2.05) is 6.92 Å². The Morgan fingerprint density at radius 1 is 1.28 bits per heavy atom. The lowest BCUT2D eigenvalue weighted by molar-refractivity contribution is -0.134. The van der Waals surface area contributed by atoms with Gasteiger partial charge in [-0.1, -0.05) is 6.92 Å². The second-order valence-electron chi connectivity index (χ2n) is 7.15. The molecular weight excluding hydrogens is 320 g/mol. The molecule has 0 spiro atoms. The largest absolute Gasteiger partial charge is 0.365 e. The molecule has 0 aromatic carbocycles. The number of amides is 1. The molecule has 8 heteroatoms. The second kappa shape index (κ2) is 6.59. The normalized spacial score (nSPS) is 27.8. The van der Waals surface area contributed by atoms with Crippen LogP contribution in [0.3, 0.4) is 0 Å². The van der Waals surface area contributed by atoms with Crippen molar-refractivity contribution >= 4 is 22.9 Å². The molecule has 2 saturated heterocycles. The van der Waals surface area contributed by atoms with Gasteiger partial charge in [0.25, 0.3) is 0 Å². The van der Waals surface area contributed by atoms with Crippen LogP contribution in [0, 0.1) is 5.92 Å². The van der Waals surface area contributed by atoms with Crippen LogP contribution in [0.2, 0.25) is 0 Å². The van der Waals surface area contributed by atoms with Gasteiger partial charge in [-0.15, -0.1) is 0 Å². The molecular formula is C17H24N6O2. The zero-order valence-corrected chi connectivity index (χ0v) is 14.6. The number of carbonyl (C=O) groups excluding carboxylic acids is 1. The van der Waals surface area contributed by atoms with Crippen molar-refractivity contribution in [1.82, 2.24) is 25.3 Å². The monoisotopic (exact) mass is 344 g/mol. The number of piperidine rings is 1. The van der Waals surface area contributed by atoms with E-state index in [-0.39, 0.29) is 30.1 Å². The van der Waals surface area contributed by atoms with Gasteiger partial charge in [-0.2, -0.15) is 0 Å². The quantitative estimate of drug-likeness (QED) is 0.870. The fraction of sp³-hybridized carbons (Fsp3) is 0.647. The van der Waals surface area contributed by atoms with Crippen LogP contribution in [0.15, 0.2) is 12.7 Å². The minimum atomic E-state index is -0.306. The maximum absolute atomic E-state index is 12.5. The molecule has 1 amide bonds. The number of carbonyl (C=O) groups is 1. The average molecular weight is 344 g/mol. The third-order valence-electron chi connectivity index (χ3n) is 5.20. The van der Waals surface area contributed by atoms with Gasteiger partial charge in [-0.05, 0) is 32.1 Å². The number of nitrogens with one attached hydrogen (secondary N) is 2. The Bertz CT molecular complexity index is 754. The maximum atomic E-state index is 12.5. The first-order valence-corrected chi connectivity index (χ1v) is 8.96. The fourth-order valence-corrected chi connectivity index (χ4v) is 3.92. The predicted octanol–water partition coefficient (Wildman–Crippen LogP) is 1.25. The minimum Gasteiger partial charge on any atom is -0.365 e. The van der Waals surface area contributed by atoms with E-state index in [1.165, 1.54) is 0 Å². The molecule has 2 N–H and O–H groups in total. The van der Waals surface area contributed by atoms with Crippen LogP contribution in [0.1, 0.15) is 33.1 Å². The summed E-state index contributed by atoms with van der Waals surface area (Å²) in [4.78, 5) is 30.6. The van der Waals surface area contributed by atoms with Crippen LogP contribution in [0.25, 0.3) is 11.2 Å². The lowest BCUT2D eigenvalue weighted by atomic mass is 10.00. The van der Waals surface area contributed by atoms with Gasteiger partial charge in [-0.25, -0.2) is 15.0 Å². The number of imidazole rings is 1. The van der Waals surface area contributed by atoms with Crippen molar-refractivity contribution in [2.75, 3.05) is 18.0 Å². The first-order chi connectivity index (χ1) is 12.1. The molecule has 2 aromatic heterocycles. The smallest absolute Gasteiger partial charge is 0.249 e. The van der Waals surface area contributed by atoms with E-state index in [4.69, 9.17) is 4.74 Å². The van der Waals surface area contributed by atoms with E-state index in [2.05, 4.69) is 37.1 Å². The summed E-state index contributed by atoms with van der Waals surface area (Å²) in [5, 5.41) is 3.17. The number of rotatable bonds is 3. The molecule has 8 nitrogen and oxygen atoms in total. The number of ether oxygens (including phenoxy) is 1. The summed E-state index contributed by atoms with van der Waals surface area (Å²) >= 11 is 0. The van der Waals surface area contributed by atoms with Gasteiger partial charge in [-0.3, -0.25) is 4.79 Å². The van der Waals surface area contributed by atoms with E-state index in [9.17, 15) is 4.79 Å². The SMILES string of the molecule is CC1CC(C)C(C(=O)NC2CCN(c3ncnc4nc[nH]c34)CC2)O1. The van der Waals surface area contributed by atoms with Crippen LogP contribution in [0.5, 0.6) is 0 Å². The number of anilines is 1. The molecule has 4 rings (SSSR count). The lowest BCUT2D eigenvalue weighted by Crippen LogP contribution is -2.48. The molecule has 3 unspecified atom stereocenters. The van der Waals surface area contributed by atoms with Gasteiger partial charge in [0.05, 0.1) is 12.4 Å². The third-order valence-corrected chi connectivity index (χ3v) is 5.20. The molecule has 2 aliphatic rings. The summed E-state index contributed by atoms with van der Waals surface area (Å²) in [6, 6.07) is 0.189. The van der Waals surface area contributed by atoms with Crippen LogP contribution in [-0.4, -0.2) is 57.2 Å². The van der Waals surface area contributed by atoms with Gasteiger partial charge in [0.15, 0.2) is 11.5 Å². The van der Waals surface area contributed by atoms with E-state index in [0.29, 0.717) is 5.65 Å². The van der Waals surface area contributed by atoms with E-state index >= 15 is 0 Å². The minimum absolute atomic E-state index is 0.0355. The highest BCUT2D eigenvalue weighted by molar-refractivity contribution is 5.83. The summed E-state index contributed by atoms with van der Waals surface area (Å²) in [7, 11) is 0. The van der Waals surface area contributed by atoms with Gasteiger partial charge in [0.2, 0.25) is 5.91 Å². The Morgan fingerprint density at radius 3 is 2.80 bits per heavy atom. The Balaban J connectivity index is 1.36. The highest BCUT2D eigenvalue weighted by Gasteiger charge is 2.36. The zero-order chi connectivity index (χ0) is 17.4. The molecule has 2 aliphatic heterocycles. The van der Waals surface area contributed by atoms with Crippen molar-refractivity contribution in [1.29, 1.82) is 0 Å². The second-order valence-corrected chi connectivity index (χ2v) is 7.15. The first kappa shape index (κ1) is 16.3. The molecule has 25 heavy (non-hydrogen) atoms. The van der Waals surface area contributed by atoms with Gasteiger partial charge in [0, 0.05) is 19.1 Å². The standard InChI is InChI=1S/C17H24N6O2/c1-10-7-11(2)25-14(10)17(24)22-12-3-5-23(6-4-12)16-13-15(19-8-18-13)20-9-21-16/h8-12,14H,3-7H2,1-2H3,(H,22,24)(H,18,19,20,21). The van der Waals surface area contributed by atoms with Gasteiger partial charge < -0.3 is 19.9 Å². The average Bonchev–Trinajstić information content (AvgIpc) is 3.21. The van der Waals surface area contributed by atoms with Gasteiger partial charge in [0.1, 0.15) is 17.9 Å². The highest BCUT2D eigenvalue weighted by atomic mass is 16.5. The number of hydrogen-bond donors (Lipinski definition) is 2. The number of nitrogens with zero attached hydrogens (tertiary/aromatic N) is 4. The van der Waals surface area contributed by atoms with Crippen molar-refractivity contribution in [2.45, 2.75) is 51.4 Å². The van der Waals surface area contributed by atoms with Crippen molar-refractivity contribution < 1.29 is 9.53 Å². The maximum Gasteiger partial charge on any atom is 0.249 e. The van der Waals surface area contributed by atoms with Gasteiger partial charge >= 0.3 is 0 Å². The van der Waals surface area contributed by atoms with Crippen LogP contribution in [0.4, 0.5) is 5.82 Å². The Labute approximate surface area is 146 Å². The molecule has 0 radical (unpaired) electrons. The third kappa shape index (κ3) is 3.18. The van der Waals surface area contributed by atoms with Crippen LogP contribution in [-0.2, 0) is 9.53 Å². The number of aromatic amines is 1. The number of aromatic nitrogens is 4. The molecule has 3 atom stereocenters. The number of hydrogen-bond acceptors (Lipinski definition) is 6. The van der Waals surface area contributed by atoms with E-state index < -0.39 is 0 Å². The molecule has 0 saturated carbocycles. The van der Waals surface area contributed by atoms with E-state index in [0.717, 1.165) is 43.7 Å². The van der Waals surface area contributed by atoms with Crippen molar-refractivity contribution in [3.63, 3.8) is 0 Å². The van der Waals surface area contributed by atoms with Crippen molar-refractivity contribution in [3.05, 3.63) is 12.7 Å². The highest BCUT2D eigenvalue weighted by Crippen LogP contribution is 2.27. The molecule has 2 fully saturated rings. The Hall–Kier alpha value is -2.22. The molecule has 2 aromatic rings. The molecule has 0 bridgehead atoms. The zero-order valence-electron chi connectivity index (χ0n) is 14.6. The van der Waals surface area contributed by atoms with Crippen LogP contribution >= 0.6 is 0 Å². The van der Waals surface area contributed by atoms with E-state index in [1.54, 1.807) is 12.7 Å².